The van der Waals surface area contributed by atoms with Crippen LogP contribution in [0.25, 0.3) is 22.4 Å². The van der Waals surface area contributed by atoms with Crippen LogP contribution in [0.15, 0.2) is 43.2 Å². The Bertz CT molecular complexity index is 1180. The fraction of sp³-hybridized carbons (Fsp3) is 0.429. The van der Waals surface area contributed by atoms with Crippen molar-refractivity contribution in [2.45, 2.75) is 24.9 Å². The summed E-state index contributed by atoms with van der Waals surface area (Å²) in [5.41, 5.74) is 3.04. The Kier molecular flexibility index (Phi) is 4.17. The number of nitrogens with zero attached hydrogens (tertiary/aromatic N) is 8. The number of anilines is 1. The maximum Gasteiger partial charge on any atom is 0.241 e. The van der Waals surface area contributed by atoms with Crippen LogP contribution in [0.1, 0.15) is 12.8 Å². The maximum atomic E-state index is 4.68. The number of nitrogens with one attached hydrogen (secondary N) is 1. The van der Waals surface area contributed by atoms with E-state index in [4.69, 9.17) is 0 Å². The van der Waals surface area contributed by atoms with Gasteiger partial charge in [0.1, 0.15) is 0 Å². The molecule has 5 heterocycles. The Balaban J connectivity index is 1.15. The van der Waals surface area contributed by atoms with Crippen molar-refractivity contribution in [1.29, 1.82) is 0 Å². The summed E-state index contributed by atoms with van der Waals surface area (Å²) in [6.07, 6.45) is 13.7. The molecule has 0 spiro atoms. The van der Waals surface area contributed by atoms with Gasteiger partial charge in [0.25, 0.3) is 0 Å². The number of piperazine rings is 1. The van der Waals surface area contributed by atoms with E-state index in [-0.39, 0.29) is 0 Å². The van der Waals surface area contributed by atoms with Gasteiger partial charge in [-0.05, 0) is 26.0 Å². The normalized spacial score (nSPS) is 23.1. The monoisotopic (exact) mass is 403 g/mol. The van der Waals surface area contributed by atoms with Crippen LogP contribution in [-0.4, -0.2) is 84.1 Å². The molecule has 1 N–H and O–H groups in total. The van der Waals surface area contributed by atoms with Crippen LogP contribution in [0.4, 0.5) is 5.95 Å². The lowest BCUT2D eigenvalue weighted by Crippen LogP contribution is -2.55. The third-order valence-electron chi connectivity index (χ3n) is 6.47. The SMILES string of the molecule is CN1CCN([C@H]2C[C@@H](Nc3ncc4c(-c5cnc6nccn6c5)ccn4n3)C2)CC1. The molecule has 4 aromatic heterocycles. The van der Waals surface area contributed by atoms with Crippen LogP contribution >= 0.6 is 0 Å². The first kappa shape index (κ1) is 17.8. The van der Waals surface area contributed by atoms with E-state index in [2.05, 4.69) is 48.3 Å². The molecule has 1 aliphatic heterocycles. The number of imidazole rings is 1. The van der Waals surface area contributed by atoms with Crippen molar-refractivity contribution in [1.82, 2.24) is 38.8 Å². The van der Waals surface area contributed by atoms with Crippen LogP contribution in [0.5, 0.6) is 0 Å². The van der Waals surface area contributed by atoms with Gasteiger partial charge < -0.3 is 10.2 Å². The van der Waals surface area contributed by atoms with Crippen molar-refractivity contribution in [3.05, 3.63) is 43.2 Å². The first-order valence-electron chi connectivity index (χ1n) is 10.6. The minimum Gasteiger partial charge on any atom is -0.350 e. The molecular weight excluding hydrogens is 378 g/mol. The number of rotatable bonds is 4. The molecule has 9 nitrogen and oxygen atoms in total. The molecule has 2 aliphatic rings. The summed E-state index contributed by atoms with van der Waals surface area (Å²) in [6, 6.07) is 3.21. The zero-order valence-electron chi connectivity index (χ0n) is 17.0. The van der Waals surface area contributed by atoms with Crippen LogP contribution in [0.2, 0.25) is 0 Å². The van der Waals surface area contributed by atoms with Gasteiger partial charge in [-0.25, -0.2) is 19.5 Å². The van der Waals surface area contributed by atoms with E-state index in [1.165, 1.54) is 39.0 Å². The molecule has 1 saturated heterocycles. The smallest absolute Gasteiger partial charge is 0.241 e. The predicted molar refractivity (Wildman–Crippen MR) is 114 cm³/mol. The molecule has 1 aliphatic carbocycles. The lowest BCUT2D eigenvalue weighted by Gasteiger charge is -2.46. The number of fused-ring (bicyclic) bond motifs is 2. The number of likely N-dealkylation sites (N-methyl/N-ethyl adjacent to an activating group) is 1. The average molecular weight is 403 g/mol. The van der Waals surface area contributed by atoms with Crippen molar-refractivity contribution < 1.29 is 0 Å². The molecule has 0 bridgehead atoms. The lowest BCUT2D eigenvalue weighted by molar-refractivity contribution is 0.0656. The second-order valence-electron chi connectivity index (χ2n) is 8.42. The van der Waals surface area contributed by atoms with E-state index in [0.29, 0.717) is 23.8 Å². The van der Waals surface area contributed by atoms with Gasteiger partial charge in [0.05, 0.1) is 11.7 Å². The third kappa shape index (κ3) is 3.10. The van der Waals surface area contributed by atoms with Crippen molar-refractivity contribution in [2.24, 2.45) is 0 Å². The van der Waals surface area contributed by atoms with Crippen LogP contribution < -0.4 is 5.32 Å². The highest BCUT2D eigenvalue weighted by atomic mass is 15.3. The van der Waals surface area contributed by atoms with Gasteiger partial charge >= 0.3 is 0 Å². The third-order valence-corrected chi connectivity index (χ3v) is 6.47. The second kappa shape index (κ2) is 7.03. The summed E-state index contributed by atoms with van der Waals surface area (Å²) < 4.78 is 3.81. The van der Waals surface area contributed by atoms with Crippen molar-refractivity contribution in [3.8, 4) is 11.1 Å². The van der Waals surface area contributed by atoms with Crippen molar-refractivity contribution in [2.75, 3.05) is 38.5 Å². The van der Waals surface area contributed by atoms with Gasteiger partial charge in [-0.1, -0.05) is 0 Å². The minimum absolute atomic E-state index is 0.454. The summed E-state index contributed by atoms with van der Waals surface area (Å²) in [4.78, 5) is 18.2. The highest BCUT2D eigenvalue weighted by molar-refractivity contribution is 5.79. The molecule has 30 heavy (non-hydrogen) atoms. The van der Waals surface area contributed by atoms with E-state index in [9.17, 15) is 0 Å². The Morgan fingerprint density at radius 2 is 1.87 bits per heavy atom. The van der Waals surface area contributed by atoms with Gasteiger partial charge in [0.2, 0.25) is 11.7 Å². The first-order valence-corrected chi connectivity index (χ1v) is 10.6. The van der Waals surface area contributed by atoms with Gasteiger partial charge in [0, 0.05) is 80.4 Å². The number of aromatic nitrogens is 6. The molecule has 0 aromatic carbocycles. The molecule has 0 atom stereocenters. The summed E-state index contributed by atoms with van der Waals surface area (Å²) >= 11 is 0. The summed E-state index contributed by atoms with van der Waals surface area (Å²) in [6.45, 7) is 4.71. The average Bonchev–Trinajstić information content (AvgIpc) is 3.37. The Hall–Kier alpha value is -3.04. The largest absolute Gasteiger partial charge is 0.350 e. The number of hydrogen-bond donors (Lipinski definition) is 1. The van der Waals surface area contributed by atoms with Crippen LogP contribution in [0, 0.1) is 0 Å². The van der Waals surface area contributed by atoms with Gasteiger partial charge in [0.15, 0.2) is 0 Å². The van der Waals surface area contributed by atoms with E-state index in [0.717, 1.165) is 16.6 Å². The molecule has 0 amide bonds. The minimum atomic E-state index is 0.454. The molecule has 9 heteroatoms. The van der Waals surface area contributed by atoms with Crippen LogP contribution in [-0.2, 0) is 0 Å². The van der Waals surface area contributed by atoms with Crippen molar-refractivity contribution >= 4 is 17.2 Å². The predicted octanol–water partition coefficient (Wildman–Crippen LogP) is 1.63. The molecule has 0 unspecified atom stereocenters. The van der Waals surface area contributed by atoms with Gasteiger partial charge in [-0.3, -0.25) is 9.30 Å². The zero-order chi connectivity index (χ0) is 20.1. The molecule has 4 aromatic rings. The zero-order valence-corrected chi connectivity index (χ0v) is 17.0. The Labute approximate surface area is 174 Å². The van der Waals surface area contributed by atoms with Crippen LogP contribution in [0.3, 0.4) is 0 Å². The fourth-order valence-electron chi connectivity index (χ4n) is 4.54. The molecule has 0 radical (unpaired) electrons. The van der Waals surface area contributed by atoms with E-state index < -0.39 is 0 Å². The van der Waals surface area contributed by atoms with Crippen molar-refractivity contribution in [3.63, 3.8) is 0 Å². The molecule has 1 saturated carbocycles. The lowest BCUT2D eigenvalue weighted by atomic mass is 9.85. The summed E-state index contributed by atoms with van der Waals surface area (Å²) in [5, 5.41) is 8.19. The molecular formula is C21H25N9. The standard InChI is InChI=1S/C21H25N9/c1-27-6-8-28(9-7-27)17-10-16(11-17)25-20-23-13-19-18(2-4-30(19)26-20)15-12-24-21-22-3-5-29(21)14-15/h2-5,12-14,16-17H,6-11H2,1H3,(H,25,26)/t16-,17+. The van der Waals surface area contributed by atoms with Gasteiger partial charge in [-0.2, -0.15) is 0 Å². The quantitative estimate of drug-likeness (QED) is 0.555. The van der Waals surface area contributed by atoms with E-state index in [1.54, 1.807) is 6.20 Å². The molecule has 154 valence electrons. The Morgan fingerprint density at radius 1 is 1.00 bits per heavy atom. The van der Waals surface area contributed by atoms with Gasteiger partial charge in [-0.15, -0.1) is 5.10 Å². The van der Waals surface area contributed by atoms with E-state index in [1.807, 2.05) is 39.9 Å². The first-order chi connectivity index (χ1) is 14.7. The fourth-order valence-corrected chi connectivity index (χ4v) is 4.54. The topological polar surface area (TPSA) is 78.9 Å². The Morgan fingerprint density at radius 3 is 2.73 bits per heavy atom. The highest BCUT2D eigenvalue weighted by Crippen LogP contribution is 2.29. The second-order valence-corrected chi connectivity index (χ2v) is 8.42. The van der Waals surface area contributed by atoms with E-state index >= 15 is 0 Å². The summed E-state index contributed by atoms with van der Waals surface area (Å²) in [7, 11) is 2.20. The molecule has 6 rings (SSSR count). The molecule has 2 fully saturated rings. The number of hydrogen-bond acceptors (Lipinski definition) is 7. The maximum absolute atomic E-state index is 4.68. The summed E-state index contributed by atoms with van der Waals surface area (Å²) in [5.74, 6) is 1.38. The highest BCUT2D eigenvalue weighted by Gasteiger charge is 2.35.